The highest BCUT2D eigenvalue weighted by atomic mass is 16.8. The van der Waals surface area contributed by atoms with Crippen molar-refractivity contribution < 1.29 is 19.5 Å². The third-order valence-electron chi connectivity index (χ3n) is 3.05. The molecule has 2 atom stereocenters. The van der Waals surface area contributed by atoms with Crippen LogP contribution in [-0.2, 0) is 9.57 Å². The van der Waals surface area contributed by atoms with Crippen LogP contribution in [-0.4, -0.2) is 30.6 Å². The number of fused-ring (bicyclic) bond motifs is 1. The first-order valence-electron chi connectivity index (χ1n) is 6.33. The highest BCUT2D eigenvalue weighted by molar-refractivity contribution is 5.85. The molecule has 5 nitrogen and oxygen atoms in total. The number of rotatable bonds is 4. The molecule has 0 radical (unpaired) electrons. The summed E-state index contributed by atoms with van der Waals surface area (Å²) in [7, 11) is 0. The second-order valence-electron chi connectivity index (χ2n) is 4.12. The molecule has 0 spiro atoms. The smallest absolute Gasteiger partial charge is 0.433 e. The normalized spacial score (nSPS) is 25.1. The van der Waals surface area contributed by atoms with Crippen molar-refractivity contribution in [2.24, 2.45) is 0 Å². The molecule has 0 aromatic heterocycles. The number of nitrogens with zero attached hydrogens (tertiary/aromatic N) is 1. The Bertz CT molecular complexity index is 500. The topological polar surface area (TPSA) is 55.8 Å². The molecule has 102 valence electrons. The quantitative estimate of drug-likeness (QED) is 0.849. The van der Waals surface area contributed by atoms with Gasteiger partial charge < -0.3 is 9.84 Å². The molecule has 0 bridgehead atoms. The maximum absolute atomic E-state index is 11.8. The van der Waals surface area contributed by atoms with E-state index in [1.54, 1.807) is 25.1 Å². The number of quaternary nitrogens is 1. The van der Waals surface area contributed by atoms with Gasteiger partial charge in [-0.25, -0.2) is 0 Å². The minimum absolute atomic E-state index is 0.276. The van der Waals surface area contributed by atoms with Gasteiger partial charge in [-0.2, -0.15) is 9.63 Å². The summed E-state index contributed by atoms with van der Waals surface area (Å²) in [6.07, 6.45) is 1.83. The van der Waals surface area contributed by atoms with Crippen LogP contribution in [0.1, 0.15) is 19.4 Å². The number of hydrogen-bond donors (Lipinski definition) is 1. The van der Waals surface area contributed by atoms with E-state index in [9.17, 15) is 9.90 Å². The van der Waals surface area contributed by atoms with Crippen LogP contribution in [0.4, 0.5) is 10.5 Å². The summed E-state index contributed by atoms with van der Waals surface area (Å²) in [5.41, 5.74) is 1.41. The largest absolute Gasteiger partial charge is 0.555 e. The summed E-state index contributed by atoms with van der Waals surface area (Å²) < 4.78 is 4.88. The van der Waals surface area contributed by atoms with Gasteiger partial charge in [0.2, 0.25) is 0 Å². The van der Waals surface area contributed by atoms with Crippen LogP contribution in [0.3, 0.4) is 0 Å². The number of ether oxygens (including phenoxy) is 1. The molecule has 1 heterocycles. The first kappa shape index (κ1) is 13.7. The van der Waals surface area contributed by atoms with E-state index in [-0.39, 0.29) is 6.61 Å². The van der Waals surface area contributed by atoms with Crippen molar-refractivity contribution in [1.82, 2.24) is 4.65 Å². The van der Waals surface area contributed by atoms with Crippen molar-refractivity contribution in [1.29, 1.82) is 0 Å². The molecular formula is C14H18NO4+. The molecule has 0 saturated carbocycles. The van der Waals surface area contributed by atoms with Crippen molar-refractivity contribution in [3.05, 3.63) is 35.9 Å². The lowest BCUT2D eigenvalue weighted by molar-refractivity contribution is -0.196. The van der Waals surface area contributed by atoms with Gasteiger partial charge >= 0.3 is 6.09 Å². The average molecular weight is 264 g/mol. The molecule has 5 heteroatoms. The van der Waals surface area contributed by atoms with Crippen LogP contribution in [0.15, 0.2) is 30.3 Å². The fraction of sp³-hybridized carbons (Fsp3) is 0.357. The van der Waals surface area contributed by atoms with E-state index in [1.165, 1.54) is 0 Å². The zero-order valence-electron chi connectivity index (χ0n) is 11.1. The van der Waals surface area contributed by atoms with Gasteiger partial charge in [0.25, 0.3) is 6.23 Å². The van der Waals surface area contributed by atoms with Crippen LogP contribution in [0, 0.1) is 0 Å². The standard InChI is InChI=1S/C14H17NO4/c1-3-18-13-10-9-11-7-5-6-8-12(11)15(13,14(16)17)19-4-2/h5-10,13H,3-4H2,1-2H3/p+1. The molecule has 1 N–H and O–H groups in total. The van der Waals surface area contributed by atoms with Crippen LogP contribution in [0.25, 0.3) is 6.08 Å². The van der Waals surface area contributed by atoms with Crippen LogP contribution in [0.2, 0.25) is 0 Å². The van der Waals surface area contributed by atoms with Crippen molar-refractivity contribution >= 4 is 17.9 Å². The molecule has 2 rings (SSSR count). The van der Waals surface area contributed by atoms with Gasteiger partial charge in [0, 0.05) is 17.7 Å². The molecule has 0 saturated heterocycles. The van der Waals surface area contributed by atoms with Gasteiger partial charge in [0.15, 0.2) is 5.69 Å². The Labute approximate surface area is 112 Å². The monoisotopic (exact) mass is 264 g/mol. The lowest BCUT2D eigenvalue weighted by Crippen LogP contribution is -2.61. The zero-order valence-corrected chi connectivity index (χ0v) is 11.1. The number of carbonyl (C=O) groups is 1. The number of hydroxylamine groups is 2. The van der Waals surface area contributed by atoms with Gasteiger partial charge in [-0.05, 0) is 30.6 Å². The van der Waals surface area contributed by atoms with Crippen LogP contribution >= 0.6 is 0 Å². The Balaban J connectivity index is 2.60. The molecule has 2 unspecified atom stereocenters. The lowest BCUT2D eigenvalue weighted by Gasteiger charge is -2.36. The third kappa shape index (κ3) is 2.16. The highest BCUT2D eigenvalue weighted by Gasteiger charge is 2.52. The minimum atomic E-state index is -1.09. The third-order valence-corrected chi connectivity index (χ3v) is 3.05. The Kier molecular flexibility index (Phi) is 3.99. The van der Waals surface area contributed by atoms with Gasteiger partial charge in [0.05, 0.1) is 6.61 Å². The van der Waals surface area contributed by atoms with Gasteiger partial charge in [0.1, 0.15) is 6.61 Å². The predicted molar refractivity (Wildman–Crippen MR) is 72.3 cm³/mol. The van der Waals surface area contributed by atoms with E-state index in [0.29, 0.717) is 12.3 Å². The number of hydrogen-bond acceptors (Lipinski definition) is 3. The van der Waals surface area contributed by atoms with E-state index in [1.807, 2.05) is 25.1 Å². The number of carboxylic acid groups (broad SMARTS) is 1. The highest BCUT2D eigenvalue weighted by Crippen LogP contribution is 2.37. The second kappa shape index (κ2) is 5.52. The van der Waals surface area contributed by atoms with E-state index < -0.39 is 17.0 Å². The van der Waals surface area contributed by atoms with E-state index >= 15 is 0 Å². The van der Waals surface area contributed by atoms with Gasteiger partial charge in [-0.15, -0.1) is 0 Å². The maximum Gasteiger partial charge on any atom is 0.555 e. The Morgan fingerprint density at radius 3 is 2.68 bits per heavy atom. The zero-order chi connectivity index (χ0) is 13.9. The molecule has 0 aliphatic carbocycles. The predicted octanol–water partition coefficient (Wildman–Crippen LogP) is 3.01. The molecule has 0 fully saturated rings. The number of benzene rings is 1. The first-order valence-corrected chi connectivity index (χ1v) is 6.33. The van der Waals surface area contributed by atoms with Crippen molar-refractivity contribution in [2.45, 2.75) is 20.1 Å². The SMILES string of the molecule is CCOC1C=Cc2ccccc2[N+]1(OCC)C(=O)O. The summed E-state index contributed by atoms with van der Waals surface area (Å²) in [6, 6.07) is 7.29. The van der Waals surface area contributed by atoms with E-state index in [0.717, 1.165) is 5.56 Å². The number of amides is 1. The van der Waals surface area contributed by atoms with Crippen molar-refractivity contribution in [3.63, 3.8) is 0 Å². The summed E-state index contributed by atoms with van der Waals surface area (Å²) in [6.45, 7) is 4.29. The summed E-state index contributed by atoms with van der Waals surface area (Å²) in [5, 5.41) is 9.70. The summed E-state index contributed by atoms with van der Waals surface area (Å²) in [5.74, 6) is 0. The van der Waals surface area contributed by atoms with Gasteiger partial charge in [-0.3, -0.25) is 0 Å². The number of para-hydroxylation sites is 1. The molecule has 19 heavy (non-hydrogen) atoms. The summed E-state index contributed by atoms with van der Waals surface area (Å²) >= 11 is 0. The fourth-order valence-corrected chi connectivity index (χ4v) is 2.32. The molecule has 1 aliphatic rings. The average Bonchev–Trinajstić information content (AvgIpc) is 2.41. The Morgan fingerprint density at radius 1 is 1.32 bits per heavy atom. The maximum atomic E-state index is 11.8. The van der Waals surface area contributed by atoms with Crippen molar-refractivity contribution in [3.8, 4) is 0 Å². The lowest BCUT2D eigenvalue weighted by atomic mass is 10.1. The van der Waals surface area contributed by atoms with E-state index in [4.69, 9.17) is 9.57 Å². The fourth-order valence-electron chi connectivity index (χ4n) is 2.32. The van der Waals surface area contributed by atoms with Crippen molar-refractivity contribution in [2.75, 3.05) is 13.2 Å². The molecule has 1 amide bonds. The Morgan fingerprint density at radius 2 is 2.05 bits per heavy atom. The van der Waals surface area contributed by atoms with E-state index in [2.05, 4.69) is 0 Å². The molecule has 1 aromatic carbocycles. The van der Waals surface area contributed by atoms with Gasteiger partial charge in [-0.1, -0.05) is 12.1 Å². The second-order valence-corrected chi connectivity index (χ2v) is 4.12. The molecule has 1 aliphatic heterocycles. The molecular weight excluding hydrogens is 246 g/mol. The molecule has 1 aromatic rings. The van der Waals surface area contributed by atoms with Crippen LogP contribution < -0.4 is 4.65 Å². The minimum Gasteiger partial charge on any atom is -0.433 e. The Hall–Kier alpha value is -1.69. The first-order chi connectivity index (χ1) is 9.16. The van der Waals surface area contributed by atoms with Crippen LogP contribution in [0.5, 0.6) is 0 Å². The summed E-state index contributed by atoms with van der Waals surface area (Å²) in [4.78, 5) is 17.4.